The lowest BCUT2D eigenvalue weighted by Gasteiger charge is -2.08. The number of hydrogen-bond donors (Lipinski definition) is 0. The zero-order chi connectivity index (χ0) is 16.3. The molecule has 0 fully saturated rings. The van der Waals surface area contributed by atoms with Gasteiger partial charge in [-0.15, -0.1) is 5.10 Å². The Kier molecular flexibility index (Phi) is 4.02. The highest BCUT2D eigenvalue weighted by Gasteiger charge is 2.17. The van der Waals surface area contributed by atoms with Crippen molar-refractivity contribution < 1.29 is 17.0 Å². The van der Waals surface area contributed by atoms with E-state index in [0.717, 1.165) is 0 Å². The average Bonchev–Trinajstić information content (AvgIpc) is 3.03. The normalized spacial score (nSPS) is 11.3. The Labute approximate surface area is 131 Å². The standard InChI is InChI=1S/C14H11FN4O3S/c15-14-7-2-1-4-11(14)9-23(20,21)22-13-6-3-5-12(8-13)19-10-16-17-18-19/h1-8,10H,9H2. The van der Waals surface area contributed by atoms with Gasteiger partial charge in [-0.05, 0) is 28.6 Å². The summed E-state index contributed by atoms with van der Waals surface area (Å²) in [4.78, 5) is 0. The summed E-state index contributed by atoms with van der Waals surface area (Å²) in [5, 5.41) is 10.7. The van der Waals surface area contributed by atoms with Crippen LogP contribution in [0.5, 0.6) is 5.75 Å². The Morgan fingerprint density at radius 2 is 1.96 bits per heavy atom. The van der Waals surface area contributed by atoms with E-state index in [4.69, 9.17) is 4.18 Å². The Balaban J connectivity index is 1.81. The van der Waals surface area contributed by atoms with Crippen molar-refractivity contribution >= 4 is 10.1 Å². The van der Waals surface area contributed by atoms with Crippen LogP contribution in [0.3, 0.4) is 0 Å². The molecule has 0 atom stereocenters. The van der Waals surface area contributed by atoms with Crippen molar-refractivity contribution in [2.24, 2.45) is 0 Å². The van der Waals surface area contributed by atoms with Crippen molar-refractivity contribution in [2.75, 3.05) is 0 Å². The first-order chi connectivity index (χ1) is 11.0. The second kappa shape index (κ2) is 6.13. The van der Waals surface area contributed by atoms with E-state index in [9.17, 15) is 12.8 Å². The Bertz CT molecular complexity index is 913. The molecule has 1 heterocycles. The smallest absolute Gasteiger partial charge is 0.313 e. The van der Waals surface area contributed by atoms with Crippen molar-refractivity contribution in [2.45, 2.75) is 5.75 Å². The maximum atomic E-state index is 13.6. The van der Waals surface area contributed by atoms with Gasteiger partial charge in [-0.1, -0.05) is 24.3 Å². The van der Waals surface area contributed by atoms with Gasteiger partial charge in [0.1, 0.15) is 23.6 Å². The molecule has 0 amide bonds. The molecular formula is C14H11FN4O3S. The number of aromatic nitrogens is 4. The van der Waals surface area contributed by atoms with E-state index in [1.165, 1.54) is 41.3 Å². The predicted molar refractivity (Wildman–Crippen MR) is 78.8 cm³/mol. The zero-order valence-corrected chi connectivity index (χ0v) is 12.5. The molecule has 2 aromatic carbocycles. The molecule has 9 heteroatoms. The van der Waals surface area contributed by atoms with Crippen LogP contribution < -0.4 is 4.18 Å². The fourth-order valence-electron chi connectivity index (χ4n) is 1.94. The van der Waals surface area contributed by atoms with Gasteiger partial charge in [-0.2, -0.15) is 8.42 Å². The molecule has 7 nitrogen and oxygen atoms in total. The minimum Gasteiger partial charge on any atom is -0.382 e. The van der Waals surface area contributed by atoms with Crippen LogP contribution in [-0.2, 0) is 15.9 Å². The summed E-state index contributed by atoms with van der Waals surface area (Å²) >= 11 is 0. The molecule has 3 aromatic rings. The third-order valence-electron chi connectivity index (χ3n) is 2.94. The fourth-order valence-corrected chi connectivity index (χ4v) is 3.01. The predicted octanol–water partition coefficient (Wildman–Crippen LogP) is 1.71. The first-order valence-corrected chi connectivity index (χ1v) is 8.10. The largest absolute Gasteiger partial charge is 0.382 e. The Hall–Kier alpha value is -2.81. The number of tetrazole rings is 1. The van der Waals surface area contributed by atoms with E-state index < -0.39 is 21.7 Å². The molecule has 0 aliphatic carbocycles. The minimum absolute atomic E-state index is 0.0455. The van der Waals surface area contributed by atoms with Gasteiger partial charge in [-0.3, -0.25) is 0 Å². The van der Waals surface area contributed by atoms with Crippen LogP contribution in [0, 0.1) is 5.82 Å². The Morgan fingerprint density at radius 3 is 2.70 bits per heavy atom. The van der Waals surface area contributed by atoms with Gasteiger partial charge in [0.05, 0.1) is 5.69 Å². The van der Waals surface area contributed by atoms with E-state index in [1.54, 1.807) is 18.2 Å². The number of hydrogen-bond acceptors (Lipinski definition) is 6. The summed E-state index contributed by atoms with van der Waals surface area (Å²) in [6, 6.07) is 11.9. The third kappa shape index (κ3) is 3.69. The van der Waals surface area contributed by atoms with Crippen LogP contribution in [0.15, 0.2) is 54.9 Å². The summed E-state index contributed by atoms with van der Waals surface area (Å²) in [5.74, 6) is -1.06. The van der Waals surface area contributed by atoms with Crippen LogP contribution in [0.1, 0.15) is 5.56 Å². The van der Waals surface area contributed by atoms with Crippen molar-refractivity contribution in [3.8, 4) is 11.4 Å². The lowest BCUT2D eigenvalue weighted by molar-refractivity contribution is 0.483. The van der Waals surface area contributed by atoms with E-state index in [0.29, 0.717) is 5.69 Å². The molecule has 118 valence electrons. The molecule has 0 bridgehead atoms. The number of nitrogens with zero attached hydrogens (tertiary/aromatic N) is 4. The Morgan fingerprint density at radius 1 is 1.13 bits per heavy atom. The number of benzene rings is 2. The van der Waals surface area contributed by atoms with Crippen LogP contribution in [0.2, 0.25) is 0 Å². The first-order valence-electron chi connectivity index (χ1n) is 6.52. The third-order valence-corrected chi connectivity index (χ3v) is 4.06. The lowest BCUT2D eigenvalue weighted by Crippen LogP contribution is -2.13. The quantitative estimate of drug-likeness (QED) is 0.660. The maximum absolute atomic E-state index is 13.6. The average molecular weight is 334 g/mol. The molecule has 1 aromatic heterocycles. The van der Waals surface area contributed by atoms with E-state index in [1.807, 2.05) is 0 Å². The highest BCUT2D eigenvalue weighted by Crippen LogP contribution is 2.20. The van der Waals surface area contributed by atoms with Gasteiger partial charge in [0.25, 0.3) is 0 Å². The lowest BCUT2D eigenvalue weighted by atomic mass is 10.2. The summed E-state index contributed by atoms with van der Waals surface area (Å²) in [7, 11) is -4.00. The van der Waals surface area contributed by atoms with E-state index >= 15 is 0 Å². The monoisotopic (exact) mass is 334 g/mol. The highest BCUT2D eigenvalue weighted by atomic mass is 32.2. The van der Waals surface area contributed by atoms with Crippen LogP contribution in [0.4, 0.5) is 4.39 Å². The fraction of sp³-hybridized carbons (Fsp3) is 0.0714. The molecule has 0 aliphatic rings. The van der Waals surface area contributed by atoms with Crippen LogP contribution >= 0.6 is 0 Å². The van der Waals surface area contributed by atoms with Crippen molar-refractivity contribution in [3.63, 3.8) is 0 Å². The van der Waals surface area contributed by atoms with Gasteiger partial charge in [0, 0.05) is 11.6 Å². The molecule has 0 N–H and O–H groups in total. The molecular weight excluding hydrogens is 323 g/mol. The first kappa shape index (κ1) is 15.1. The number of rotatable bonds is 5. The second-order valence-electron chi connectivity index (χ2n) is 4.63. The van der Waals surface area contributed by atoms with Gasteiger partial charge in [-0.25, -0.2) is 9.07 Å². The van der Waals surface area contributed by atoms with E-state index in [-0.39, 0.29) is 11.3 Å². The molecule has 0 unspecified atom stereocenters. The molecule has 3 rings (SSSR count). The van der Waals surface area contributed by atoms with Gasteiger partial charge >= 0.3 is 10.1 Å². The van der Waals surface area contributed by atoms with Gasteiger partial charge in [0.2, 0.25) is 0 Å². The molecule has 0 spiro atoms. The SMILES string of the molecule is O=S(=O)(Cc1ccccc1F)Oc1cccc(-n2cnnn2)c1. The highest BCUT2D eigenvalue weighted by molar-refractivity contribution is 7.86. The van der Waals surface area contributed by atoms with Crippen molar-refractivity contribution in [1.82, 2.24) is 20.2 Å². The molecule has 0 saturated carbocycles. The summed E-state index contributed by atoms with van der Waals surface area (Å²) in [5.41, 5.74) is 0.581. The minimum atomic E-state index is -4.00. The zero-order valence-electron chi connectivity index (χ0n) is 11.7. The second-order valence-corrected chi connectivity index (χ2v) is 6.20. The van der Waals surface area contributed by atoms with Gasteiger partial charge < -0.3 is 4.18 Å². The summed E-state index contributed by atoms with van der Waals surface area (Å²) in [6.45, 7) is 0. The molecule has 0 aliphatic heterocycles. The van der Waals surface area contributed by atoms with Crippen LogP contribution in [0.25, 0.3) is 5.69 Å². The van der Waals surface area contributed by atoms with E-state index in [2.05, 4.69) is 15.5 Å². The molecule has 0 radical (unpaired) electrons. The maximum Gasteiger partial charge on any atom is 0.313 e. The topological polar surface area (TPSA) is 87.0 Å². The van der Waals surface area contributed by atoms with Crippen molar-refractivity contribution in [1.29, 1.82) is 0 Å². The number of halogens is 1. The van der Waals surface area contributed by atoms with Crippen LogP contribution in [-0.4, -0.2) is 28.6 Å². The molecule has 23 heavy (non-hydrogen) atoms. The summed E-state index contributed by atoms with van der Waals surface area (Å²) in [6.07, 6.45) is 1.37. The van der Waals surface area contributed by atoms with Crippen molar-refractivity contribution in [3.05, 3.63) is 66.2 Å². The molecule has 0 saturated heterocycles. The summed E-state index contributed by atoms with van der Waals surface area (Å²) < 4.78 is 44.1. The van der Waals surface area contributed by atoms with Gasteiger partial charge in [0.15, 0.2) is 0 Å².